The van der Waals surface area contributed by atoms with Crippen molar-refractivity contribution in [2.24, 2.45) is 5.73 Å². The first-order chi connectivity index (χ1) is 11.7. The molecule has 0 saturated carbocycles. The molecule has 2 N–H and O–H groups in total. The average Bonchev–Trinajstić information content (AvgIpc) is 3.08. The Bertz CT molecular complexity index is 772. The molecule has 0 unspecified atom stereocenters. The van der Waals surface area contributed by atoms with Crippen LogP contribution in [0.25, 0.3) is 11.9 Å². The molecule has 1 fully saturated rings. The van der Waals surface area contributed by atoms with E-state index in [1.807, 2.05) is 40.0 Å². The average molecular weight is 362 g/mol. The molecular weight excluding hydrogens is 340 g/mol. The van der Waals surface area contributed by atoms with Gasteiger partial charge in [0.05, 0.1) is 17.4 Å². The molecule has 0 radical (unpaired) electrons. The molecule has 0 aliphatic carbocycles. The maximum absolute atomic E-state index is 6.06. The minimum Gasteiger partial charge on any atom is -0.400 e. The number of halogens is 1. The number of aromatic nitrogens is 4. The molecule has 132 valence electrons. The van der Waals surface area contributed by atoms with Crippen molar-refractivity contribution in [2.75, 3.05) is 6.54 Å². The van der Waals surface area contributed by atoms with Crippen LogP contribution < -0.4 is 5.73 Å². The highest BCUT2D eigenvalue weighted by atomic mass is 35.5. The van der Waals surface area contributed by atoms with E-state index in [1.54, 1.807) is 23.0 Å². The van der Waals surface area contributed by atoms with Crippen LogP contribution in [0.3, 0.4) is 0 Å². The summed E-state index contributed by atoms with van der Waals surface area (Å²) in [6, 6.07) is 3.41. The molecule has 0 bridgehead atoms. The zero-order chi connectivity index (χ0) is 18.2. The lowest BCUT2D eigenvalue weighted by atomic mass is 9.77. The first-order valence-corrected chi connectivity index (χ1v) is 8.40. The molecule has 3 heterocycles. The minimum atomic E-state index is -0.478. The van der Waals surface area contributed by atoms with Crippen molar-refractivity contribution in [3.05, 3.63) is 40.7 Å². The highest BCUT2D eigenvalue weighted by Gasteiger charge is 2.52. The Hall–Kier alpha value is -1.74. The van der Waals surface area contributed by atoms with Crippen LogP contribution in [0.5, 0.6) is 0 Å². The Labute approximate surface area is 152 Å². The molecule has 2 aromatic rings. The summed E-state index contributed by atoms with van der Waals surface area (Å²) < 4.78 is 13.7. The Balaban J connectivity index is 1.83. The van der Waals surface area contributed by atoms with Gasteiger partial charge in [0.2, 0.25) is 0 Å². The molecular formula is C16H21BClN5O2. The van der Waals surface area contributed by atoms with Gasteiger partial charge in [-0.2, -0.15) is 5.10 Å². The van der Waals surface area contributed by atoms with Crippen molar-refractivity contribution in [3.8, 4) is 5.82 Å². The number of nitrogens with two attached hydrogens (primary N) is 1. The van der Waals surface area contributed by atoms with Gasteiger partial charge in [-0.15, -0.1) is 10.2 Å². The minimum absolute atomic E-state index is 0.322. The van der Waals surface area contributed by atoms with Gasteiger partial charge in [0, 0.05) is 18.3 Å². The van der Waals surface area contributed by atoms with Gasteiger partial charge in [0.25, 0.3) is 0 Å². The summed E-state index contributed by atoms with van der Waals surface area (Å²) in [4.78, 5) is 0. The molecule has 1 saturated heterocycles. The van der Waals surface area contributed by atoms with E-state index in [-0.39, 0.29) is 0 Å². The SMILES string of the molecule is CC1(C)OB(C(=Cc2cnn(-c3ccc(Cl)nn3)c2)CN)OC1(C)C. The lowest BCUT2D eigenvalue weighted by molar-refractivity contribution is 0.00578. The highest BCUT2D eigenvalue weighted by molar-refractivity contribution is 6.55. The van der Waals surface area contributed by atoms with Crippen molar-refractivity contribution in [1.29, 1.82) is 0 Å². The Morgan fingerprint density at radius 1 is 1.24 bits per heavy atom. The first-order valence-electron chi connectivity index (χ1n) is 8.02. The quantitative estimate of drug-likeness (QED) is 0.841. The van der Waals surface area contributed by atoms with Gasteiger partial charge >= 0.3 is 7.12 Å². The van der Waals surface area contributed by atoms with Crippen LogP contribution in [-0.2, 0) is 9.31 Å². The third-order valence-corrected chi connectivity index (χ3v) is 4.80. The standard InChI is InChI=1S/C16H21BClN5O2/c1-15(2)16(3,4)25-17(24-15)12(8-19)7-11-9-20-23(10-11)14-6-5-13(18)21-22-14/h5-7,9-10H,8,19H2,1-4H3. The number of rotatable bonds is 4. The summed E-state index contributed by atoms with van der Waals surface area (Å²) in [5.41, 5.74) is 6.82. The van der Waals surface area contributed by atoms with E-state index in [0.717, 1.165) is 11.0 Å². The number of hydrogen-bond acceptors (Lipinski definition) is 6. The van der Waals surface area contributed by atoms with Crippen LogP contribution >= 0.6 is 11.6 Å². The molecule has 0 atom stereocenters. The molecule has 0 amide bonds. The fourth-order valence-corrected chi connectivity index (χ4v) is 2.50. The second-order valence-corrected chi connectivity index (χ2v) is 7.33. The fourth-order valence-electron chi connectivity index (χ4n) is 2.40. The van der Waals surface area contributed by atoms with Crippen molar-refractivity contribution in [1.82, 2.24) is 20.0 Å². The second kappa shape index (κ2) is 6.53. The fraction of sp³-hybridized carbons (Fsp3) is 0.438. The van der Waals surface area contributed by atoms with Crippen LogP contribution in [0.4, 0.5) is 0 Å². The van der Waals surface area contributed by atoms with Crippen molar-refractivity contribution in [2.45, 2.75) is 38.9 Å². The Morgan fingerprint density at radius 2 is 1.92 bits per heavy atom. The van der Waals surface area contributed by atoms with Crippen LogP contribution in [0.2, 0.25) is 5.15 Å². The van der Waals surface area contributed by atoms with E-state index in [2.05, 4.69) is 15.3 Å². The van der Waals surface area contributed by atoms with Gasteiger partial charge in [-0.05, 0) is 45.3 Å². The molecule has 3 rings (SSSR count). The summed E-state index contributed by atoms with van der Waals surface area (Å²) in [6.07, 6.45) is 5.48. The zero-order valence-electron chi connectivity index (χ0n) is 14.7. The molecule has 0 aromatic carbocycles. The van der Waals surface area contributed by atoms with Crippen LogP contribution in [0.15, 0.2) is 30.0 Å². The third-order valence-electron chi connectivity index (χ3n) is 4.60. The Kier molecular flexibility index (Phi) is 4.72. The van der Waals surface area contributed by atoms with Crippen LogP contribution in [0.1, 0.15) is 33.3 Å². The molecule has 1 aliphatic rings. The van der Waals surface area contributed by atoms with E-state index in [1.165, 1.54) is 0 Å². The zero-order valence-corrected chi connectivity index (χ0v) is 15.5. The molecule has 2 aromatic heterocycles. The maximum Gasteiger partial charge on any atom is 0.491 e. The summed E-state index contributed by atoms with van der Waals surface area (Å²) in [7, 11) is -0.478. The second-order valence-electron chi connectivity index (χ2n) is 6.94. The van der Waals surface area contributed by atoms with Crippen molar-refractivity contribution in [3.63, 3.8) is 0 Å². The summed E-state index contributed by atoms with van der Waals surface area (Å²) in [6.45, 7) is 8.37. The molecule has 9 heteroatoms. The van der Waals surface area contributed by atoms with E-state index < -0.39 is 18.3 Å². The van der Waals surface area contributed by atoms with E-state index >= 15 is 0 Å². The number of nitrogens with zero attached hydrogens (tertiary/aromatic N) is 4. The largest absolute Gasteiger partial charge is 0.491 e. The lowest BCUT2D eigenvalue weighted by Crippen LogP contribution is -2.41. The predicted molar refractivity (Wildman–Crippen MR) is 97.3 cm³/mol. The van der Waals surface area contributed by atoms with E-state index in [4.69, 9.17) is 26.6 Å². The normalized spacial score (nSPS) is 19.4. The third kappa shape index (κ3) is 3.62. The van der Waals surface area contributed by atoms with Gasteiger partial charge in [-0.25, -0.2) is 4.68 Å². The van der Waals surface area contributed by atoms with Gasteiger partial charge in [0.1, 0.15) is 0 Å². The summed E-state index contributed by atoms with van der Waals surface area (Å²) in [5.74, 6) is 0.578. The number of hydrogen-bond donors (Lipinski definition) is 1. The predicted octanol–water partition coefficient (Wildman–Crippen LogP) is 2.29. The molecule has 0 spiro atoms. The lowest BCUT2D eigenvalue weighted by Gasteiger charge is -2.32. The molecule has 7 nitrogen and oxygen atoms in total. The van der Waals surface area contributed by atoms with Crippen LogP contribution in [0, 0.1) is 0 Å². The Morgan fingerprint density at radius 3 is 2.48 bits per heavy atom. The topological polar surface area (TPSA) is 88.1 Å². The van der Waals surface area contributed by atoms with Crippen molar-refractivity contribution >= 4 is 24.8 Å². The van der Waals surface area contributed by atoms with Gasteiger partial charge in [0.15, 0.2) is 11.0 Å². The first kappa shape index (κ1) is 18.1. The monoisotopic (exact) mass is 361 g/mol. The van der Waals surface area contributed by atoms with E-state index in [9.17, 15) is 0 Å². The van der Waals surface area contributed by atoms with Crippen LogP contribution in [-0.4, -0.2) is 44.8 Å². The van der Waals surface area contributed by atoms with Gasteiger partial charge in [-0.3, -0.25) is 0 Å². The maximum atomic E-state index is 6.06. The molecule has 25 heavy (non-hydrogen) atoms. The highest BCUT2D eigenvalue weighted by Crippen LogP contribution is 2.38. The van der Waals surface area contributed by atoms with E-state index in [0.29, 0.717) is 17.5 Å². The van der Waals surface area contributed by atoms with Crippen molar-refractivity contribution < 1.29 is 9.31 Å². The summed E-state index contributed by atoms with van der Waals surface area (Å²) in [5, 5.41) is 12.4. The molecule has 1 aliphatic heterocycles. The van der Waals surface area contributed by atoms with Gasteiger partial charge < -0.3 is 15.0 Å². The smallest absolute Gasteiger partial charge is 0.400 e. The van der Waals surface area contributed by atoms with Gasteiger partial charge in [-0.1, -0.05) is 17.7 Å². The summed E-state index contributed by atoms with van der Waals surface area (Å²) >= 11 is 5.76.